The standard InChI is InChI=1S/C24H27N5O2/c1-4-5-14-31-19-12-10-18(11-13-19)24(3)15-20(17-8-6-16(2)7-9-17)21(23(30)25-24)22-26-28-29-27-22/h6-13H,4-5,14-15H2,1-3H3,(H,25,30)(H,26,27,28,29). The minimum atomic E-state index is -0.577. The highest BCUT2D eigenvalue weighted by Crippen LogP contribution is 2.41. The molecule has 2 aromatic carbocycles. The zero-order chi connectivity index (χ0) is 21.8. The topological polar surface area (TPSA) is 92.8 Å². The van der Waals surface area contributed by atoms with Crippen LogP contribution in [0, 0.1) is 6.92 Å². The minimum absolute atomic E-state index is 0.214. The van der Waals surface area contributed by atoms with Gasteiger partial charge in [0.25, 0.3) is 5.91 Å². The summed E-state index contributed by atoms with van der Waals surface area (Å²) >= 11 is 0. The normalized spacial score (nSPS) is 18.7. The first kappa shape index (κ1) is 20.8. The lowest BCUT2D eigenvalue weighted by atomic mass is 9.78. The summed E-state index contributed by atoms with van der Waals surface area (Å²) in [7, 11) is 0. The lowest BCUT2D eigenvalue weighted by Gasteiger charge is -2.37. The van der Waals surface area contributed by atoms with Crippen molar-refractivity contribution in [2.75, 3.05) is 6.61 Å². The molecular formula is C24H27N5O2. The van der Waals surface area contributed by atoms with Gasteiger partial charge in [-0.15, -0.1) is 10.2 Å². The second kappa shape index (κ2) is 8.71. The van der Waals surface area contributed by atoms with Crippen LogP contribution < -0.4 is 10.1 Å². The van der Waals surface area contributed by atoms with Gasteiger partial charge in [-0.3, -0.25) is 4.79 Å². The fourth-order valence-electron chi connectivity index (χ4n) is 3.87. The summed E-state index contributed by atoms with van der Waals surface area (Å²) in [5, 5.41) is 17.4. The molecule has 2 heterocycles. The van der Waals surface area contributed by atoms with Gasteiger partial charge < -0.3 is 10.1 Å². The van der Waals surface area contributed by atoms with E-state index in [-0.39, 0.29) is 5.91 Å². The molecule has 0 bridgehead atoms. The van der Waals surface area contributed by atoms with Crippen molar-refractivity contribution in [1.82, 2.24) is 25.9 Å². The van der Waals surface area contributed by atoms with Gasteiger partial charge in [0.15, 0.2) is 0 Å². The first-order valence-corrected chi connectivity index (χ1v) is 10.6. The van der Waals surface area contributed by atoms with E-state index in [1.807, 2.05) is 62.4 Å². The van der Waals surface area contributed by atoms with Gasteiger partial charge >= 0.3 is 0 Å². The molecule has 3 aromatic rings. The zero-order valence-corrected chi connectivity index (χ0v) is 18.1. The van der Waals surface area contributed by atoms with E-state index >= 15 is 0 Å². The summed E-state index contributed by atoms with van der Waals surface area (Å²) in [6.07, 6.45) is 2.72. The van der Waals surface area contributed by atoms with Crippen LogP contribution in [0.25, 0.3) is 11.1 Å². The number of H-pyrrole nitrogens is 1. The van der Waals surface area contributed by atoms with Crippen molar-refractivity contribution >= 4 is 17.1 Å². The van der Waals surface area contributed by atoms with Gasteiger partial charge in [0.05, 0.1) is 17.7 Å². The predicted molar refractivity (Wildman–Crippen MR) is 119 cm³/mol. The Balaban J connectivity index is 1.70. The number of aryl methyl sites for hydroxylation is 1. The third-order valence-corrected chi connectivity index (χ3v) is 5.68. The van der Waals surface area contributed by atoms with Crippen LogP contribution in [-0.2, 0) is 10.3 Å². The van der Waals surface area contributed by atoms with Crippen molar-refractivity contribution in [3.8, 4) is 5.75 Å². The third kappa shape index (κ3) is 4.35. The fraction of sp³-hybridized carbons (Fsp3) is 0.333. The molecule has 0 fully saturated rings. The number of hydrogen-bond donors (Lipinski definition) is 2. The molecule has 1 aromatic heterocycles. The summed E-state index contributed by atoms with van der Waals surface area (Å²) in [4.78, 5) is 13.3. The minimum Gasteiger partial charge on any atom is -0.494 e. The zero-order valence-electron chi connectivity index (χ0n) is 18.1. The number of tetrazole rings is 1. The average Bonchev–Trinajstić information content (AvgIpc) is 3.29. The van der Waals surface area contributed by atoms with Crippen molar-refractivity contribution in [3.05, 3.63) is 71.0 Å². The molecule has 7 nitrogen and oxygen atoms in total. The second-order valence-electron chi connectivity index (χ2n) is 8.14. The maximum absolute atomic E-state index is 13.3. The number of carbonyl (C=O) groups is 1. The quantitative estimate of drug-likeness (QED) is 0.566. The van der Waals surface area contributed by atoms with Crippen molar-refractivity contribution in [2.24, 2.45) is 0 Å². The summed E-state index contributed by atoms with van der Waals surface area (Å²) in [5.41, 5.74) is 3.93. The lowest BCUT2D eigenvalue weighted by Crippen LogP contribution is -2.47. The highest BCUT2D eigenvalue weighted by atomic mass is 16.5. The predicted octanol–water partition coefficient (Wildman–Crippen LogP) is 4.03. The monoisotopic (exact) mass is 417 g/mol. The number of aromatic nitrogens is 4. The van der Waals surface area contributed by atoms with Crippen LogP contribution in [0.15, 0.2) is 48.5 Å². The van der Waals surface area contributed by atoms with Gasteiger partial charge in [-0.2, -0.15) is 5.21 Å². The van der Waals surface area contributed by atoms with Crippen LogP contribution in [-0.4, -0.2) is 33.1 Å². The molecule has 160 valence electrons. The molecule has 2 N–H and O–H groups in total. The number of benzene rings is 2. The Bertz CT molecular complexity index is 1070. The van der Waals surface area contributed by atoms with Crippen molar-refractivity contribution < 1.29 is 9.53 Å². The molecule has 1 aliphatic heterocycles. The first-order valence-electron chi connectivity index (χ1n) is 10.6. The number of nitrogens with one attached hydrogen (secondary N) is 2. The van der Waals surface area contributed by atoms with E-state index in [1.165, 1.54) is 0 Å². The Kier molecular flexibility index (Phi) is 5.84. The van der Waals surface area contributed by atoms with Crippen LogP contribution >= 0.6 is 0 Å². The number of hydrogen-bond acceptors (Lipinski definition) is 5. The molecule has 0 saturated heterocycles. The van der Waals surface area contributed by atoms with E-state index in [9.17, 15) is 4.79 Å². The number of unbranched alkanes of at least 4 members (excludes halogenated alkanes) is 1. The Morgan fingerprint density at radius 1 is 1.10 bits per heavy atom. The summed E-state index contributed by atoms with van der Waals surface area (Å²) in [5.74, 6) is 0.925. The van der Waals surface area contributed by atoms with E-state index in [0.717, 1.165) is 40.9 Å². The average molecular weight is 418 g/mol. The van der Waals surface area contributed by atoms with Crippen LogP contribution in [0.2, 0.25) is 0 Å². The summed E-state index contributed by atoms with van der Waals surface area (Å²) in [6.45, 7) is 6.93. The van der Waals surface area contributed by atoms with Gasteiger partial charge in [-0.1, -0.05) is 55.3 Å². The van der Waals surface area contributed by atoms with Crippen LogP contribution in [0.3, 0.4) is 0 Å². The van der Waals surface area contributed by atoms with E-state index in [0.29, 0.717) is 24.4 Å². The maximum atomic E-state index is 13.3. The highest BCUT2D eigenvalue weighted by Gasteiger charge is 2.39. The Morgan fingerprint density at radius 2 is 1.84 bits per heavy atom. The number of carbonyl (C=O) groups excluding carboxylic acids is 1. The molecule has 0 radical (unpaired) electrons. The molecule has 7 heteroatoms. The fourth-order valence-corrected chi connectivity index (χ4v) is 3.87. The van der Waals surface area contributed by atoms with Crippen molar-refractivity contribution in [2.45, 2.75) is 45.6 Å². The summed E-state index contributed by atoms with van der Waals surface area (Å²) < 4.78 is 5.79. The highest BCUT2D eigenvalue weighted by molar-refractivity contribution is 6.27. The Morgan fingerprint density at radius 3 is 2.48 bits per heavy atom. The first-order chi connectivity index (χ1) is 15.0. The smallest absolute Gasteiger partial charge is 0.256 e. The molecule has 1 amide bonds. The van der Waals surface area contributed by atoms with Gasteiger partial charge in [-0.25, -0.2) is 0 Å². The number of ether oxygens (including phenoxy) is 1. The number of rotatable bonds is 7. The summed E-state index contributed by atoms with van der Waals surface area (Å²) in [6, 6.07) is 16.1. The second-order valence-corrected chi connectivity index (χ2v) is 8.14. The Labute approximate surface area is 181 Å². The van der Waals surface area contributed by atoms with E-state index in [1.54, 1.807) is 0 Å². The van der Waals surface area contributed by atoms with Crippen molar-refractivity contribution in [1.29, 1.82) is 0 Å². The Hall–Kier alpha value is -3.48. The molecule has 0 aliphatic carbocycles. The van der Waals surface area contributed by atoms with E-state index in [2.05, 4.69) is 32.9 Å². The third-order valence-electron chi connectivity index (χ3n) is 5.68. The largest absolute Gasteiger partial charge is 0.494 e. The van der Waals surface area contributed by atoms with Gasteiger partial charge in [0, 0.05) is 6.42 Å². The molecule has 1 unspecified atom stereocenters. The molecule has 1 aliphatic rings. The van der Waals surface area contributed by atoms with Crippen LogP contribution in [0.1, 0.15) is 55.6 Å². The van der Waals surface area contributed by atoms with Gasteiger partial charge in [0.1, 0.15) is 5.75 Å². The molecule has 1 atom stereocenters. The van der Waals surface area contributed by atoms with Gasteiger partial charge in [0.2, 0.25) is 5.82 Å². The molecular weight excluding hydrogens is 390 g/mol. The molecule has 4 rings (SSSR count). The van der Waals surface area contributed by atoms with Gasteiger partial charge in [-0.05, 0) is 54.3 Å². The van der Waals surface area contributed by atoms with Crippen molar-refractivity contribution in [3.63, 3.8) is 0 Å². The van der Waals surface area contributed by atoms with Crippen LogP contribution in [0.4, 0.5) is 0 Å². The molecule has 0 saturated carbocycles. The number of nitrogens with zero attached hydrogens (tertiary/aromatic N) is 3. The van der Waals surface area contributed by atoms with E-state index in [4.69, 9.17) is 4.74 Å². The van der Waals surface area contributed by atoms with Crippen LogP contribution in [0.5, 0.6) is 5.75 Å². The van der Waals surface area contributed by atoms with E-state index < -0.39 is 5.54 Å². The molecule has 0 spiro atoms. The number of amides is 1. The maximum Gasteiger partial charge on any atom is 0.256 e. The molecule has 31 heavy (non-hydrogen) atoms. The SMILES string of the molecule is CCCCOc1ccc(C2(C)CC(c3ccc(C)cc3)=C(c3nn[nH]n3)C(=O)N2)cc1. The lowest BCUT2D eigenvalue weighted by molar-refractivity contribution is -0.117. The number of aromatic amines is 1.